The van der Waals surface area contributed by atoms with Crippen LogP contribution in [0.4, 0.5) is 21.6 Å². The fourth-order valence-corrected chi connectivity index (χ4v) is 12.6. The quantitative estimate of drug-likeness (QED) is 0.0478. The van der Waals surface area contributed by atoms with Crippen LogP contribution in [0.5, 0.6) is 0 Å². The molecule has 3 aromatic carbocycles. The first-order chi connectivity index (χ1) is 35.6. The van der Waals surface area contributed by atoms with Crippen LogP contribution in [-0.2, 0) is 27.2 Å². The predicted octanol–water partition coefficient (Wildman–Crippen LogP) is 7.30. The number of aromatic nitrogens is 3. The molecule has 2 aliphatic heterocycles. The molecule has 4 amide bonds. The van der Waals surface area contributed by atoms with Crippen molar-refractivity contribution >= 4 is 101 Å². The first-order valence-electron chi connectivity index (χ1n) is 24.4. The maximum absolute atomic E-state index is 13.6. The average Bonchev–Trinajstić information content (AvgIpc) is 4.27. The van der Waals surface area contributed by atoms with Gasteiger partial charge in [-0.3, -0.25) is 24.6 Å². The number of nitrogens with zero attached hydrogens (tertiary/aromatic N) is 7. The molecular formula is C53H52N12O5S3. The lowest BCUT2D eigenvalue weighted by atomic mass is 9.83. The zero-order valence-corrected chi connectivity index (χ0v) is 42.3. The lowest BCUT2D eigenvalue weighted by Crippen LogP contribution is -2.48. The number of carbonyl (C=O) groups is 4. The number of hydrogen-bond donors (Lipinski definition) is 5. The molecule has 6 N–H and O–H groups in total. The Balaban J connectivity index is 0.602. The number of hydrazone groups is 2. The van der Waals surface area contributed by atoms with Crippen LogP contribution in [-0.4, -0.2) is 95.4 Å². The minimum Gasteiger partial charge on any atom is -0.397 e. The zero-order chi connectivity index (χ0) is 50.0. The number of thiazole rings is 2. The Morgan fingerprint density at radius 3 is 2.44 bits per heavy atom. The zero-order valence-electron chi connectivity index (χ0n) is 39.9. The highest BCUT2D eigenvalue weighted by Crippen LogP contribution is 2.44. The van der Waals surface area contributed by atoms with E-state index < -0.39 is 5.91 Å². The van der Waals surface area contributed by atoms with E-state index in [-0.39, 0.29) is 47.2 Å². The van der Waals surface area contributed by atoms with Gasteiger partial charge in [-0.1, -0.05) is 48.5 Å². The number of carbonyl (C=O) groups excluding carboxylic acids is 4. The molecule has 1 saturated carbocycles. The van der Waals surface area contributed by atoms with Crippen molar-refractivity contribution in [1.29, 1.82) is 0 Å². The summed E-state index contributed by atoms with van der Waals surface area (Å²) in [5.41, 5.74) is 17.6. The van der Waals surface area contributed by atoms with Gasteiger partial charge in [0.05, 0.1) is 24.6 Å². The summed E-state index contributed by atoms with van der Waals surface area (Å²) >= 11 is 3.99. The van der Waals surface area contributed by atoms with E-state index in [1.54, 1.807) is 18.3 Å². The maximum atomic E-state index is 13.6. The van der Waals surface area contributed by atoms with E-state index in [2.05, 4.69) is 64.6 Å². The second kappa shape index (κ2) is 21.0. The number of aryl methyl sites for hydroxylation is 2. The molecule has 11 rings (SSSR count). The number of hydrogen-bond acceptors (Lipinski definition) is 16. The van der Waals surface area contributed by atoms with Crippen LogP contribution in [0.3, 0.4) is 0 Å². The van der Waals surface area contributed by atoms with Crippen molar-refractivity contribution in [3.63, 3.8) is 0 Å². The molecule has 20 heteroatoms. The Labute approximate surface area is 433 Å². The van der Waals surface area contributed by atoms with Crippen molar-refractivity contribution in [2.24, 2.45) is 28.0 Å². The van der Waals surface area contributed by atoms with Crippen molar-refractivity contribution in [3.8, 4) is 11.3 Å². The van der Waals surface area contributed by atoms with Crippen LogP contribution in [0, 0.1) is 24.7 Å². The summed E-state index contributed by atoms with van der Waals surface area (Å²) < 4.78 is 5.79. The Bertz CT molecular complexity index is 3250. The molecule has 1 saturated heterocycles. The van der Waals surface area contributed by atoms with Crippen molar-refractivity contribution < 1.29 is 23.9 Å². The van der Waals surface area contributed by atoms with Crippen molar-refractivity contribution in [2.75, 3.05) is 60.5 Å². The van der Waals surface area contributed by atoms with Gasteiger partial charge in [-0.25, -0.2) is 15.0 Å². The van der Waals surface area contributed by atoms with Gasteiger partial charge < -0.3 is 31.3 Å². The molecule has 73 heavy (non-hydrogen) atoms. The molecular weight excluding hydrogens is 981 g/mol. The van der Waals surface area contributed by atoms with Crippen LogP contribution >= 0.6 is 34.0 Å². The van der Waals surface area contributed by atoms with Crippen molar-refractivity contribution in [2.45, 2.75) is 45.1 Å². The predicted molar refractivity (Wildman–Crippen MR) is 288 cm³/mol. The van der Waals surface area contributed by atoms with Gasteiger partial charge >= 0.3 is 5.91 Å². The smallest absolute Gasteiger partial charge is 0.303 e. The van der Waals surface area contributed by atoms with Crippen LogP contribution < -0.4 is 37.0 Å². The number of thiophene rings is 1. The lowest BCUT2D eigenvalue weighted by molar-refractivity contribution is -0.128. The summed E-state index contributed by atoms with van der Waals surface area (Å²) in [6.45, 7) is 4.98. The maximum Gasteiger partial charge on any atom is 0.303 e. The molecule has 2 fully saturated rings. The number of fused-ring (bicyclic) bond motifs is 4. The number of piperidine rings is 1. The number of nitrogen functional groups attached to an aromatic ring is 1. The highest BCUT2D eigenvalue weighted by molar-refractivity contribution is 7.21. The van der Waals surface area contributed by atoms with Gasteiger partial charge in [0.25, 0.3) is 11.8 Å². The third-order valence-electron chi connectivity index (χ3n) is 14.0. The van der Waals surface area contributed by atoms with Crippen LogP contribution in [0.1, 0.15) is 61.7 Å². The van der Waals surface area contributed by atoms with Crippen LogP contribution in [0.25, 0.3) is 21.5 Å². The van der Waals surface area contributed by atoms with Crippen molar-refractivity contribution in [1.82, 2.24) is 30.9 Å². The molecule has 17 nitrogen and oxygen atoms in total. The summed E-state index contributed by atoms with van der Waals surface area (Å²) in [6.07, 6.45) is 6.23. The number of pyridine rings is 1. The van der Waals surface area contributed by atoms with Gasteiger partial charge in [0.15, 0.2) is 5.71 Å². The van der Waals surface area contributed by atoms with Gasteiger partial charge in [0.1, 0.15) is 15.4 Å². The Morgan fingerprint density at radius 1 is 0.863 bits per heavy atom. The Morgan fingerprint density at radius 2 is 1.66 bits per heavy atom. The fraction of sp³-hybridized carbons (Fsp3) is 0.302. The van der Waals surface area contributed by atoms with E-state index in [0.717, 1.165) is 72.2 Å². The molecule has 0 spiro atoms. The van der Waals surface area contributed by atoms with Gasteiger partial charge in [0, 0.05) is 88.6 Å². The molecule has 7 aromatic rings. The summed E-state index contributed by atoms with van der Waals surface area (Å²) in [5.74, 6) is -0.137. The highest BCUT2D eigenvalue weighted by Gasteiger charge is 2.46. The number of ether oxygens (including phenoxy) is 1. The highest BCUT2D eigenvalue weighted by atomic mass is 32.1. The fourth-order valence-electron chi connectivity index (χ4n) is 10.3. The number of anilines is 4. The Kier molecular flexibility index (Phi) is 13.8. The van der Waals surface area contributed by atoms with Crippen LogP contribution in [0.2, 0.25) is 0 Å². The van der Waals surface area contributed by atoms with E-state index in [1.165, 1.54) is 55.8 Å². The summed E-state index contributed by atoms with van der Waals surface area (Å²) in [7, 11) is 0. The first-order valence-corrected chi connectivity index (χ1v) is 27.0. The molecule has 2 aliphatic carbocycles. The van der Waals surface area contributed by atoms with Gasteiger partial charge in [-0.15, -0.1) is 34.0 Å². The van der Waals surface area contributed by atoms with E-state index in [1.807, 2.05) is 72.3 Å². The Hall–Kier alpha value is -7.39. The molecule has 0 radical (unpaired) electrons. The monoisotopic (exact) mass is 1030 g/mol. The lowest BCUT2D eigenvalue weighted by Gasteiger charge is -2.39. The minimum absolute atomic E-state index is 0.0151. The van der Waals surface area contributed by atoms with Gasteiger partial charge in [-0.2, -0.15) is 15.2 Å². The van der Waals surface area contributed by atoms with E-state index in [9.17, 15) is 19.2 Å². The minimum atomic E-state index is -0.419. The third-order valence-corrected chi connectivity index (χ3v) is 16.6. The molecule has 6 heterocycles. The van der Waals surface area contributed by atoms with E-state index >= 15 is 0 Å². The SMILES string of the molecule is Cc1ccc2c(N)c(C(=O)N[C@H]3CCc4cc(N5C[C@H]6CC[C@@H](C5)C6C(=O)NCCOCCNC(=O)c5ccc(-c6csc(N7N=C(c8ccccc8)/C(=N\Nc8nccs8)C7=O)n6)cc5)ccc4C3)sc2n1. The largest absolute Gasteiger partial charge is 0.397 e. The number of nitrogens with one attached hydrogen (secondary N) is 4. The van der Waals surface area contributed by atoms with E-state index in [0.29, 0.717) is 64.1 Å². The molecule has 4 atom stereocenters. The summed E-state index contributed by atoms with van der Waals surface area (Å²) in [5, 5.41) is 24.9. The summed E-state index contributed by atoms with van der Waals surface area (Å²) in [6, 6.07) is 27.1. The first kappa shape index (κ1) is 47.9. The number of benzene rings is 3. The molecule has 2 bridgehead atoms. The van der Waals surface area contributed by atoms with Gasteiger partial charge in [-0.05, 0) is 98.4 Å². The normalized spacial score (nSPS) is 19.8. The molecule has 1 unspecified atom stereocenters. The number of rotatable bonds is 16. The third kappa shape index (κ3) is 10.2. The van der Waals surface area contributed by atoms with Gasteiger partial charge in [0.2, 0.25) is 16.2 Å². The number of amides is 4. The second-order valence-corrected chi connectivity index (χ2v) is 21.4. The van der Waals surface area contributed by atoms with E-state index in [4.69, 9.17) is 15.5 Å². The van der Waals surface area contributed by atoms with Crippen LogP contribution in [0.15, 0.2) is 112 Å². The second-order valence-electron chi connectivity index (χ2n) is 18.6. The molecule has 372 valence electrons. The topological polar surface area (TPSA) is 222 Å². The molecule has 4 aliphatic rings. The van der Waals surface area contributed by atoms with Crippen molar-refractivity contribution in [3.05, 3.63) is 135 Å². The molecule has 4 aromatic heterocycles. The number of nitrogens with two attached hydrogens (primary N) is 1. The average molecular weight is 1030 g/mol. The standard InChI is InChI=1S/C53H52N12O5S3/c1-30-7-18-40-43(54)46(73-50(40)58-30)49(68)59-38-16-14-35-26-39(17-15-34(35)25-38)64-27-36-12-13-37(28-64)42(36)48(67)56-20-23-70-22-19-55-47(66)33-10-8-31(9-11-33)41-29-72-53(60-41)65-51(69)45(61-62-52-57-21-24-71-52)44(63-65)32-5-3-2-4-6-32/h2-11,15,17-18,21,24,26,29,36-38,42H,12-14,16,19-20,22-23,25,27-28,54H2,1H3,(H,55,66)(H,56,67)(H,57,62)(H,59,68)/b61-45+/t36-,37+,38-,42?/m0/s1. The summed E-state index contributed by atoms with van der Waals surface area (Å²) in [4.78, 5) is 70.7.